The first-order valence-electron chi connectivity index (χ1n) is 9.99. The van der Waals surface area contributed by atoms with Gasteiger partial charge in [-0.05, 0) is 55.7 Å². The second-order valence-electron chi connectivity index (χ2n) is 7.28. The lowest BCUT2D eigenvalue weighted by Gasteiger charge is -2.37. The highest BCUT2D eigenvalue weighted by Crippen LogP contribution is 2.37. The predicted octanol–water partition coefficient (Wildman–Crippen LogP) is 1.56. The topological polar surface area (TPSA) is 141 Å². The molecular formula is C20H29N2O7PS. The fourth-order valence-electron chi connectivity index (χ4n) is 2.99. The van der Waals surface area contributed by atoms with Crippen LogP contribution in [-0.4, -0.2) is 62.4 Å². The van der Waals surface area contributed by atoms with Gasteiger partial charge in [-0.1, -0.05) is 0 Å². The van der Waals surface area contributed by atoms with Gasteiger partial charge in [0.15, 0.2) is 5.11 Å². The number of terminal acetylenes is 1. The molecular weight excluding hydrogens is 443 g/mol. The maximum atomic E-state index is 11.1. The van der Waals surface area contributed by atoms with E-state index in [9.17, 15) is 14.8 Å². The summed E-state index contributed by atoms with van der Waals surface area (Å²) >= 11 is 5.24. The molecule has 1 aliphatic rings. The molecule has 1 saturated heterocycles. The minimum absolute atomic E-state index is 0.0456. The summed E-state index contributed by atoms with van der Waals surface area (Å²) in [5.41, 5.74) is 0.734. The zero-order valence-electron chi connectivity index (χ0n) is 17.0. The van der Waals surface area contributed by atoms with Gasteiger partial charge in [-0.3, -0.25) is 4.57 Å². The number of hydrogen-bond donors (Lipinski definition) is 6. The highest BCUT2D eigenvalue weighted by molar-refractivity contribution is 7.80. The van der Waals surface area contributed by atoms with Crippen molar-refractivity contribution in [3.8, 4) is 18.1 Å². The minimum Gasteiger partial charge on any atom is -0.462 e. The smallest absolute Gasteiger partial charge is 0.325 e. The van der Waals surface area contributed by atoms with Gasteiger partial charge in [0.25, 0.3) is 0 Å². The second-order valence-corrected chi connectivity index (χ2v) is 9.47. The first-order chi connectivity index (χ1) is 14.7. The van der Waals surface area contributed by atoms with Gasteiger partial charge in [-0.25, -0.2) is 0 Å². The summed E-state index contributed by atoms with van der Waals surface area (Å²) in [5.74, 6) is 2.99. The summed E-state index contributed by atoms with van der Waals surface area (Å²) in [6.07, 6.45) is 3.35. The number of aliphatic hydroxyl groups excluding tert-OH is 2. The number of hydrogen-bond acceptors (Lipinski definition) is 6. The number of rotatable bonds is 10. The summed E-state index contributed by atoms with van der Waals surface area (Å²) in [5, 5.41) is 26.8. The van der Waals surface area contributed by atoms with E-state index >= 15 is 0 Å². The van der Waals surface area contributed by atoms with Crippen molar-refractivity contribution in [2.75, 3.05) is 18.0 Å². The van der Waals surface area contributed by atoms with Gasteiger partial charge in [0.2, 0.25) is 6.29 Å². The van der Waals surface area contributed by atoms with Crippen LogP contribution in [0.3, 0.4) is 0 Å². The molecule has 2 rings (SSSR count). The van der Waals surface area contributed by atoms with Crippen molar-refractivity contribution in [3.63, 3.8) is 0 Å². The number of nitrogens with one attached hydrogen (secondary N) is 2. The normalized spacial score (nSPS) is 23.6. The lowest BCUT2D eigenvalue weighted by Crippen LogP contribution is -2.51. The predicted molar refractivity (Wildman–Crippen MR) is 121 cm³/mol. The van der Waals surface area contributed by atoms with Crippen molar-refractivity contribution < 1.29 is 34.0 Å². The van der Waals surface area contributed by atoms with Gasteiger partial charge in [-0.2, -0.15) is 0 Å². The highest BCUT2D eigenvalue weighted by Gasteiger charge is 2.38. The lowest BCUT2D eigenvalue weighted by molar-refractivity contribution is -0.235. The Bertz CT molecular complexity index is 796. The number of aliphatic hydroxyl groups is 2. The Labute approximate surface area is 187 Å². The molecule has 9 nitrogen and oxygen atoms in total. The molecule has 4 unspecified atom stereocenters. The third-order valence-electron chi connectivity index (χ3n) is 4.64. The second kappa shape index (κ2) is 12.4. The standard InChI is InChI=1S/C20H29N2O7PS/c1-2-3-4-5-11-21-20(31)22-14-6-8-15(9-7-14)28-19-18(24)17(23)13-16(29-19)10-12-30(25,26)27/h1,6-9,16-19,23-24H,3-5,10-13H2,(H2,21,22,31)(H2,25,26,27). The molecule has 1 aromatic carbocycles. The van der Waals surface area contributed by atoms with E-state index in [4.69, 9.17) is 37.9 Å². The van der Waals surface area contributed by atoms with Crippen molar-refractivity contribution in [2.45, 2.75) is 56.7 Å². The molecule has 6 N–H and O–H groups in total. The Kier molecular flexibility index (Phi) is 10.2. The monoisotopic (exact) mass is 472 g/mol. The van der Waals surface area contributed by atoms with Crippen LogP contribution in [0.5, 0.6) is 5.75 Å². The van der Waals surface area contributed by atoms with Crippen molar-refractivity contribution in [1.82, 2.24) is 5.32 Å². The Morgan fingerprint density at radius 1 is 1.29 bits per heavy atom. The van der Waals surface area contributed by atoms with E-state index in [0.717, 1.165) is 31.5 Å². The van der Waals surface area contributed by atoms with Crippen molar-refractivity contribution in [1.29, 1.82) is 0 Å². The maximum absolute atomic E-state index is 11.1. The highest BCUT2D eigenvalue weighted by atomic mass is 32.1. The number of anilines is 1. The lowest BCUT2D eigenvalue weighted by atomic mass is 10.0. The van der Waals surface area contributed by atoms with Crippen LogP contribution in [0.25, 0.3) is 0 Å². The minimum atomic E-state index is -4.18. The van der Waals surface area contributed by atoms with E-state index in [1.54, 1.807) is 24.3 Å². The SMILES string of the molecule is C#CCCCCNC(=S)Nc1ccc(OC2OC(CCP(=O)(O)O)CC(O)C2O)cc1. The van der Waals surface area contributed by atoms with Crippen LogP contribution in [0.15, 0.2) is 24.3 Å². The van der Waals surface area contributed by atoms with Crippen LogP contribution < -0.4 is 15.4 Å². The van der Waals surface area contributed by atoms with Crippen molar-refractivity contribution >= 4 is 30.6 Å². The van der Waals surface area contributed by atoms with Crippen molar-refractivity contribution in [3.05, 3.63) is 24.3 Å². The molecule has 1 heterocycles. The number of unbranched alkanes of at least 4 members (excludes halogenated alkanes) is 2. The van der Waals surface area contributed by atoms with E-state index in [-0.39, 0.29) is 19.0 Å². The van der Waals surface area contributed by atoms with Crippen LogP contribution in [0, 0.1) is 12.3 Å². The Morgan fingerprint density at radius 2 is 2.00 bits per heavy atom. The molecule has 4 atom stereocenters. The van der Waals surface area contributed by atoms with Crippen molar-refractivity contribution in [2.24, 2.45) is 0 Å². The molecule has 0 bridgehead atoms. The first-order valence-corrected chi connectivity index (χ1v) is 12.2. The zero-order chi connectivity index (χ0) is 22.9. The van der Waals surface area contributed by atoms with Crippen LogP contribution in [0.4, 0.5) is 5.69 Å². The van der Waals surface area contributed by atoms with Crippen LogP contribution >= 0.6 is 19.8 Å². The maximum Gasteiger partial charge on any atom is 0.325 e. The third kappa shape index (κ3) is 9.54. The Balaban J connectivity index is 1.84. The first kappa shape index (κ1) is 25.6. The zero-order valence-corrected chi connectivity index (χ0v) is 18.7. The molecule has 0 aliphatic carbocycles. The Morgan fingerprint density at radius 3 is 2.65 bits per heavy atom. The summed E-state index contributed by atoms with van der Waals surface area (Å²) in [4.78, 5) is 18.0. The van der Waals surface area contributed by atoms with Gasteiger partial charge in [0, 0.05) is 25.1 Å². The van der Waals surface area contributed by atoms with Crippen LogP contribution in [-0.2, 0) is 9.30 Å². The molecule has 0 saturated carbocycles. The van der Waals surface area contributed by atoms with E-state index in [2.05, 4.69) is 16.6 Å². The molecule has 1 fully saturated rings. The summed E-state index contributed by atoms with van der Waals surface area (Å²) in [6, 6.07) is 6.77. The van der Waals surface area contributed by atoms with E-state index in [0.29, 0.717) is 10.9 Å². The number of benzene rings is 1. The van der Waals surface area contributed by atoms with Crippen LogP contribution in [0.2, 0.25) is 0 Å². The molecule has 0 amide bonds. The molecule has 0 spiro atoms. The quantitative estimate of drug-likeness (QED) is 0.129. The molecule has 1 aliphatic heterocycles. The van der Waals surface area contributed by atoms with Crippen LogP contribution in [0.1, 0.15) is 32.1 Å². The average Bonchev–Trinajstić information content (AvgIpc) is 2.70. The molecule has 31 heavy (non-hydrogen) atoms. The molecule has 11 heteroatoms. The fraction of sp³-hybridized carbons (Fsp3) is 0.550. The van der Waals surface area contributed by atoms with E-state index in [1.165, 1.54) is 0 Å². The Hall–Kier alpha value is -1.70. The van der Waals surface area contributed by atoms with Gasteiger partial charge < -0.3 is 40.1 Å². The summed E-state index contributed by atoms with van der Waals surface area (Å²) in [7, 11) is -4.18. The number of thiocarbonyl (C=S) groups is 1. The third-order valence-corrected chi connectivity index (χ3v) is 5.73. The molecule has 1 aromatic rings. The van der Waals surface area contributed by atoms with Gasteiger partial charge in [0.1, 0.15) is 11.9 Å². The average molecular weight is 473 g/mol. The van der Waals surface area contributed by atoms with E-state index < -0.39 is 32.2 Å². The summed E-state index contributed by atoms with van der Waals surface area (Å²) in [6.45, 7) is 0.719. The van der Waals surface area contributed by atoms with Gasteiger partial charge >= 0.3 is 7.60 Å². The summed E-state index contributed by atoms with van der Waals surface area (Å²) < 4.78 is 22.3. The largest absolute Gasteiger partial charge is 0.462 e. The molecule has 0 radical (unpaired) electrons. The number of ether oxygens (including phenoxy) is 2. The fourth-order valence-corrected chi connectivity index (χ4v) is 3.84. The van der Waals surface area contributed by atoms with E-state index in [1.807, 2.05) is 0 Å². The van der Waals surface area contributed by atoms with Gasteiger partial charge in [0.05, 0.1) is 18.4 Å². The molecule has 172 valence electrons. The molecule has 0 aromatic heterocycles. The van der Waals surface area contributed by atoms with Gasteiger partial charge in [-0.15, -0.1) is 12.3 Å².